The van der Waals surface area contributed by atoms with Crippen LogP contribution in [-0.4, -0.2) is 26.9 Å². The van der Waals surface area contributed by atoms with Crippen LogP contribution in [-0.2, 0) is 7.05 Å². The van der Waals surface area contributed by atoms with Crippen LogP contribution in [0.1, 0.15) is 10.4 Å². The Morgan fingerprint density at radius 2 is 2.05 bits per heavy atom. The first-order chi connectivity index (χ1) is 9.45. The lowest BCUT2D eigenvalue weighted by molar-refractivity contribution is 0.0692. The Kier molecular flexibility index (Phi) is 3.65. The van der Waals surface area contributed by atoms with Gasteiger partial charge >= 0.3 is 12.0 Å². The molecule has 20 heavy (non-hydrogen) atoms. The molecule has 0 unspecified atom stereocenters. The highest BCUT2D eigenvalue weighted by Crippen LogP contribution is 2.15. The Balaban J connectivity index is 2.04. The van der Waals surface area contributed by atoms with Crippen LogP contribution in [0.2, 0.25) is 0 Å². The van der Waals surface area contributed by atoms with Gasteiger partial charge in [0, 0.05) is 25.0 Å². The molecule has 0 spiro atoms. The van der Waals surface area contributed by atoms with Crippen molar-refractivity contribution in [3.63, 3.8) is 0 Å². The number of nitrogens with one attached hydrogen (secondary N) is 2. The van der Waals surface area contributed by atoms with Crippen molar-refractivity contribution in [3.8, 4) is 0 Å². The molecular formula is C12H11FN4O3. The van der Waals surface area contributed by atoms with Gasteiger partial charge in [0.25, 0.3) is 0 Å². The molecule has 0 saturated heterocycles. The SMILES string of the molecule is Cn1ccc(NC(=O)Nc2ccc(C(=O)O)c(F)c2)n1. The van der Waals surface area contributed by atoms with Gasteiger partial charge in [-0.05, 0) is 18.2 Å². The number of aromatic carboxylic acids is 1. The van der Waals surface area contributed by atoms with E-state index in [4.69, 9.17) is 5.11 Å². The van der Waals surface area contributed by atoms with Crippen LogP contribution in [0.25, 0.3) is 0 Å². The van der Waals surface area contributed by atoms with Crippen molar-refractivity contribution in [2.75, 3.05) is 10.6 Å². The Hall–Kier alpha value is -2.90. The fraction of sp³-hybridized carbons (Fsp3) is 0.0833. The summed E-state index contributed by atoms with van der Waals surface area (Å²) in [5.74, 6) is -1.95. The van der Waals surface area contributed by atoms with E-state index in [0.717, 1.165) is 12.1 Å². The molecule has 2 amide bonds. The van der Waals surface area contributed by atoms with Crippen LogP contribution >= 0.6 is 0 Å². The minimum Gasteiger partial charge on any atom is -0.478 e. The average molecular weight is 278 g/mol. The third kappa shape index (κ3) is 3.10. The van der Waals surface area contributed by atoms with E-state index in [1.807, 2.05) is 0 Å². The number of halogens is 1. The molecule has 2 aromatic rings. The topological polar surface area (TPSA) is 96.2 Å². The Morgan fingerprint density at radius 3 is 2.60 bits per heavy atom. The van der Waals surface area contributed by atoms with Crippen molar-refractivity contribution in [2.24, 2.45) is 7.05 Å². The number of rotatable bonds is 3. The monoisotopic (exact) mass is 278 g/mol. The van der Waals surface area contributed by atoms with Crippen LogP contribution in [0.4, 0.5) is 20.7 Å². The van der Waals surface area contributed by atoms with Gasteiger partial charge in [-0.15, -0.1) is 0 Å². The molecule has 2 rings (SSSR count). The molecule has 1 aromatic heterocycles. The van der Waals surface area contributed by atoms with E-state index >= 15 is 0 Å². The molecule has 104 valence electrons. The Bertz CT molecular complexity index is 668. The van der Waals surface area contributed by atoms with E-state index in [-0.39, 0.29) is 5.69 Å². The highest BCUT2D eigenvalue weighted by atomic mass is 19.1. The predicted molar refractivity (Wildman–Crippen MR) is 69.2 cm³/mol. The number of aryl methyl sites for hydroxylation is 1. The van der Waals surface area contributed by atoms with Crippen molar-refractivity contribution in [1.82, 2.24) is 9.78 Å². The highest BCUT2D eigenvalue weighted by Gasteiger charge is 2.11. The standard InChI is InChI=1S/C12H11FN4O3/c1-17-5-4-10(16-17)15-12(20)14-7-2-3-8(11(18)19)9(13)6-7/h2-6H,1H3,(H,18,19)(H2,14,15,16,20). The lowest BCUT2D eigenvalue weighted by atomic mass is 10.2. The molecule has 0 saturated carbocycles. The zero-order valence-electron chi connectivity index (χ0n) is 10.4. The van der Waals surface area contributed by atoms with E-state index in [0.29, 0.717) is 5.82 Å². The molecule has 1 heterocycles. The van der Waals surface area contributed by atoms with Crippen LogP contribution < -0.4 is 10.6 Å². The van der Waals surface area contributed by atoms with Gasteiger partial charge in [0.2, 0.25) is 0 Å². The van der Waals surface area contributed by atoms with Crippen molar-refractivity contribution >= 4 is 23.5 Å². The first kappa shape index (κ1) is 13.5. The third-order valence-electron chi connectivity index (χ3n) is 2.41. The summed E-state index contributed by atoms with van der Waals surface area (Å²) >= 11 is 0. The Labute approximate surface area is 113 Å². The number of benzene rings is 1. The molecule has 0 fully saturated rings. The van der Waals surface area contributed by atoms with Gasteiger partial charge in [-0.1, -0.05) is 0 Å². The molecule has 3 N–H and O–H groups in total. The normalized spacial score (nSPS) is 10.1. The zero-order chi connectivity index (χ0) is 14.7. The summed E-state index contributed by atoms with van der Waals surface area (Å²) < 4.78 is 14.9. The maximum absolute atomic E-state index is 13.4. The predicted octanol–water partition coefficient (Wildman–Crippen LogP) is 1.90. The second-order valence-corrected chi connectivity index (χ2v) is 3.95. The summed E-state index contributed by atoms with van der Waals surface area (Å²) in [4.78, 5) is 22.3. The lowest BCUT2D eigenvalue weighted by Crippen LogP contribution is -2.20. The molecule has 0 aliphatic rings. The van der Waals surface area contributed by atoms with Crippen molar-refractivity contribution in [2.45, 2.75) is 0 Å². The summed E-state index contributed by atoms with van der Waals surface area (Å²) in [6.07, 6.45) is 1.65. The van der Waals surface area contributed by atoms with Crippen LogP contribution in [0, 0.1) is 5.82 Å². The average Bonchev–Trinajstić information content (AvgIpc) is 2.74. The number of urea groups is 1. The lowest BCUT2D eigenvalue weighted by Gasteiger charge is -2.06. The summed E-state index contributed by atoms with van der Waals surface area (Å²) in [5.41, 5.74) is -0.318. The van der Waals surface area contributed by atoms with Crippen molar-refractivity contribution < 1.29 is 19.1 Å². The number of hydrogen-bond donors (Lipinski definition) is 3. The molecule has 0 aliphatic carbocycles. The summed E-state index contributed by atoms with van der Waals surface area (Å²) in [6, 6.07) is 4.29. The molecule has 7 nitrogen and oxygen atoms in total. The third-order valence-corrected chi connectivity index (χ3v) is 2.41. The molecule has 0 radical (unpaired) electrons. The van der Waals surface area contributed by atoms with Gasteiger partial charge in [-0.3, -0.25) is 10.00 Å². The number of carbonyl (C=O) groups is 2. The first-order valence-electron chi connectivity index (χ1n) is 5.56. The molecule has 8 heteroatoms. The van der Waals surface area contributed by atoms with Gasteiger partial charge in [0.05, 0.1) is 5.56 Å². The minimum absolute atomic E-state index is 0.140. The number of aromatic nitrogens is 2. The second-order valence-electron chi connectivity index (χ2n) is 3.95. The van der Waals surface area contributed by atoms with E-state index in [1.54, 1.807) is 19.3 Å². The van der Waals surface area contributed by atoms with Crippen LogP contribution in [0.15, 0.2) is 30.5 Å². The van der Waals surface area contributed by atoms with Gasteiger partial charge in [0.1, 0.15) is 5.82 Å². The fourth-order valence-corrected chi connectivity index (χ4v) is 1.53. The van der Waals surface area contributed by atoms with E-state index < -0.39 is 23.4 Å². The molecule has 1 aromatic carbocycles. The number of carbonyl (C=O) groups excluding carboxylic acids is 1. The minimum atomic E-state index is -1.37. The largest absolute Gasteiger partial charge is 0.478 e. The summed E-state index contributed by atoms with van der Waals surface area (Å²) in [5, 5.41) is 17.4. The summed E-state index contributed by atoms with van der Waals surface area (Å²) in [6.45, 7) is 0. The number of carboxylic acids is 1. The smallest absolute Gasteiger partial charge is 0.338 e. The van der Waals surface area contributed by atoms with Crippen molar-refractivity contribution in [1.29, 1.82) is 0 Å². The maximum Gasteiger partial charge on any atom is 0.338 e. The van der Waals surface area contributed by atoms with E-state index in [9.17, 15) is 14.0 Å². The Morgan fingerprint density at radius 1 is 1.30 bits per heavy atom. The van der Waals surface area contributed by atoms with E-state index in [2.05, 4.69) is 15.7 Å². The number of nitrogens with zero attached hydrogens (tertiary/aromatic N) is 2. The molecular weight excluding hydrogens is 267 g/mol. The zero-order valence-corrected chi connectivity index (χ0v) is 10.4. The number of carboxylic acid groups (broad SMARTS) is 1. The fourth-order valence-electron chi connectivity index (χ4n) is 1.53. The molecule has 0 bridgehead atoms. The molecule has 0 atom stereocenters. The van der Waals surface area contributed by atoms with Gasteiger partial charge in [-0.25, -0.2) is 14.0 Å². The second kappa shape index (κ2) is 5.39. The van der Waals surface area contributed by atoms with Crippen LogP contribution in [0.5, 0.6) is 0 Å². The highest BCUT2D eigenvalue weighted by molar-refractivity contribution is 5.99. The van der Waals surface area contributed by atoms with Crippen LogP contribution in [0.3, 0.4) is 0 Å². The van der Waals surface area contributed by atoms with Crippen molar-refractivity contribution in [3.05, 3.63) is 41.8 Å². The number of hydrogen-bond acceptors (Lipinski definition) is 3. The summed E-state index contributed by atoms with van der Waals surface area (Å²) in [7, 11) is 1.70. The number of amides is 2. The van der Waals surface area contributed by atoms with Gasteiger partial charge < -0.3 is 10.4 Å². The maximum atomic E-state index is 13.4. The van der Waals surface area contributed by atoms with Gasteiger partial charge in [-0.2, -0.15) is 5.10 Å². The van der Waals surface area contributed by atoms with E-state index in [1.165, 1.54) is 10.7 Å². The molecule has 0 aliphatic heterocycles. The quantitative estimate of drug-likeness (QED) is 0.798. The first-order valence-corrected chi connectivity index (χ1v) is 5.56. The van der Waals surface area contributed by atoms with Gasteiger partial charge in [0.15, 0.2) is 5.82 Å². The number of anilines is 2.